The molecule has 2 unspecified atom stereocenters. The van der Waals surface area contributed by atoms with Crippen molar-refractivity contribution in [2.24, 2.45) is 5.73 Å². The van der Waals surface area contributed by atoms with Crippen molar-refractivity contribution in [3.05, 3.63) is 29.8 Å². The van der Waals surface area contributed by atoms with Gasteiger partial charge in [0.25, 0.3) is 0 Å². The van der Waals surface area contributed by atoms with Gasteiger partial charge < -0.3 is 15.8 Å². The number of benzene rings is 1. The van der Waals surface area contributed by atoms with Gasteiger partial charge in [0.1, 0.15) is 5.75 Å². The minimum absolute atomic E-state index is 0.277. The molecule has 2 rings (SSSR count). The summed E-state index contributed by atoms with van der Waals surface area (Å²) < 4.78 is 5.14. The van der Waals surface area contributed by atoms with Gasteiger partial charge in [0, 0.05) is 18.5 Å². The molecule has 0 spiro atoms. The summed E-state index contributed by atoms with van der Waals surface area (Å²) in [5, 5.41) is 3.38. The Morgan fingerprint density at radius 2 is 2.07 bits per heavy atom. The lowest BCUT2D eigenvalue weighted by molar-refractivity contribution is 0.400. The third-order valence-electron chi connectivity index (χ3n) is 3.08. The summed E-state index contributed by atoms with van der Waals surface area (Å²) in [5.74, 6) is 1.33. The topological polar surface area (TPSA) is 47.3 Å². The van der Waals surface area contributed by atoms with Gasteiger partial charge in [-0.2, -0.15) is 0 Å². The van der Waals surface area contributed by atoms with E-state index in [1.165, 1.54) is 5.56 Å². The van der Waals surface area contributed by atoms with Crippen molar-refractivity contribution in [2.75, 3.05) is 20.2 Å². The third kappa shape index (κ3) is 2.30. The smallest absolute Gasteiger partial charge is 0.118 e. The molecule has 2 atom stereocenters. The van der Waals surface area contributed by atoms with Crippen LogP contribution in [0.15, 0.2) is 24.3 Å². The summed E-state index contributed by atoms with van der Waals surface area (Å²) in [6.45, 7) is 2.02. The van der Waals surface area contributed by atoms with Crippen LogP contribution in [-0.2, 0) is 0 Å². The lowest BCUT2D eigenvalue weighted by atomic mass is 9.87. The van der Waals surface area contributed by atoms with Crippen LogP contribution in [0.25, 0.3) is 0 Å². The Balaban J connectivity index is 2.13. The van der Waals surface area contributed by atoms with Crippen molar-refractivity contribution < 1.29 is 4.74 Å². The second-order valence-corrected chi connectivity index (χ2v) is 4.04. The van der Waals surface area contributed by atoms with E-state index in [1.54, 1.807) is 7.11 Å². The second-order valence-electron chi connectivity index (χ2n) is 4.04. The summed E-state index contributed by atoms with van der Waals surface area (Å²) in [5.41, 5.74) is 7.41. The SMILES string of the molecule is COc1ccc(C2CNCCC2N)cc1. The molecule has 1 aromatic carbocycles. The second kappa shape index (κ2) is 4.64. The average Bonchev–Trinajstić information content (AvgIpc) is 2.30. The Morgan fingerprint density at radius 1 is 1.33 bits per heavy atom. The fourth-order valence-electron chi connectivity index (χ4n) is 2.10. The van der Waals surface area contributed by atoms with Gasteiger partial charge in [0.15, 0.2) is 0 Å². The van der Waals surface area contributed by atoms with Crippen molar-refractivity contribution in [1.29, 1.82) is 0 Å². The third-order valence-corrected chi connectivity index (χ3v) is 3.08. The largest absolute Gasteiger partial charge is 0.497 e. The summed E-state index contributed by atoms with van der Waals surface area (Å²) in [6.07, 6.45) is 1.05. The van der Waals surface area contributed by atoms with Crippen LogP contribution in [0.3, 0.4) is 0 Å². The van der Waals surface area contributed by atoms with E-state index in [9.17, 15) is 0 Å². The van der Waals surface area contributed by atoms with Crippen LogP contribution in [0.5, 0.6) is 5.75 Å². The molecule has 0 radical (unpaired) electrons. The predicted molar refractivity (Wildman–Crippen MR) is 61.2 cm³/mol. The number of rotatable bonds is 2. The van der Waals surface area contributed by atoms with Crippen LogP contribution >= 0.6 is 0 Å². The van der Waals surface area contributed by atoms with Crippen molar-refractivity contribution in [1.82, 2.24) is 5.32 Å². The number of piperidine rings is 1. The Kier molecular flexibility index (Phi) is 3.23. The summed E-state index contributed by atoms with van der Waals surface area (Å²) in [4.78, 5) is 0. The molecule has 1 aliphatic rings. The Bertz CT molecular complexity index is 310. The number of nitrogens with two attached hydrogens (primary N) is 1. The van der Waals surface area contributed by atoms with Crippen molar-refractivity contribution in [3.63, 3.8) is 0 Å². The van der Waals surface area contributed by atoms with Crippen molar-refractivity contribution >= 4 is 0 Å². The number of hydrogen-bond acceptors (Lipinski definition) is 3. The van der Waals surface area contributed by atoms with E-state index < -0.39 is 0 Å². The van der Waals surface area contributed by atoms with Crippen molar-refractivity contribution in [3.8, 4) is 5.75 Å². The van der Waals surface area contributed by atoms with Gasteiger partial charge in [0.05, 0.1) is 7.11 Å². The molecule has 82 valence electrons. The fraction of sp³-hybridized carbons (Fsp3) is 0.500. The number of ether oxygens (including phenoxy) is 1. The normalized spacial score (nSPS) is 26.3. The Labute approximate surface area is 90.6 Å². The Hall–Kier alpha value is -1.06. The summed E-state index contributed by atoms with van der Waals surface area (Å²) >= 11 is 0. The molecule has 1 fully saturated rings. The van der Waals surface area contributed by atoms with Crippen LogP contribution in [0.4, 0.5) is 0 Å². The zero-order chi connectivity index (χ0) is 10.7. The van der Waals surface area contributed by atoms with Gasteiger partial charge in [-0.3, -0.25) is 0 Å². The van der Waals surface area contributed by atoms with Gasteiger partial charge in [0.2, 0.25) is 0 Å². The molecule has 0 bridgehead atoms. The highest BCUT2D eigenvalue weighted by Gasteiger charge is 2.22. The molecule has 1 aromatic rings. The van der Waals surface area contributed by atoms with Gasteiger partial charge in [-0.05, 0) is 30.7 Å². The molecule has 0 aromatic heterocycles. The van der Waals surface area contributed by atoms with Crippen LogP contribution in [0, 0.1) is 0 Å². The van der Waals surface area contributed by atoms with E-state index in [2.05, 4.69) is 17.4 Å². The number of methoxy groups -OCH3 is 1. The molecule has 15 heavy (non-hydrogen) atoms. The van der Waals surface area contributed by atoms with Crippen LogP contribution in [0.1, 0.15) is 17.9 Å². The first kappa shape index (κ1) is 10.5. The monoisotopic (exact) mass is 206 g/mol. The van der Waals surface area contributed by atoms with Crippen molar-refractivity contribution in [2.45, 2.75) is 18.4 Å². The summed E-state index contributed by atoms with van der Waals surface area (Å²) in [6, 6.07) is 8.49. The molecule has 0 amide bonds. The van der Waals surface area contributed by atoms with Crippen LogP contribution in [0.2, 0.25) is 0 Å². The highest BCUT2D eigenvalue weighted by molar-refractivity contribution is 5.30. The van der Waals surface area contributed by atoms with Gasteiger partial charge in [-0.1, -0.05) is 12.1 Å². The molecule has 1 heterocycles. The molecule has 1 aliphatic heterocycles. The zero-order valence-corrected chi connectivity index (χ0v) is 9.07. The Morgan fingerprint density at radius 3 is 2.67 bits per heavy atom. The molecule has 3 nitrogen and oxygen atoms in total. The first-order chi connectivity index (χ1) is 7.31. The lowest BCUT2D eigenvalue weighted by Crippen LogP contribution is -2.43. The minimum Gasteiger partial charge on any atom is -0.497 e. The maximum atomic E-state index is 6.11. The molecule has 0 saturated carbocycles. The lowest BCUT2D eigenvalue weighted by Gasteiger charge is -2.29. The number of nitrogens with one attached hydrogen (secondary N) is 1. The van der Waals surface area contributed by atoms with E-state index in [1.807, 2.05) is 12.1 Å². The molecule has 3 heteroatoms. The standard InChI is InChI=1S/C12H18N2O/c1-15-10-4-2-9(3-5-10)11-8-14-7-6-12(11)13/h2-5,11-12,14H,6-8,13H2,1H3. The highest BCUT2D eigenvalue weighted by atomic mass is 16.5. The minimum atomic E-state index is 0.277. The predicted octanol–water partition coefficient (Wildman–Crippen LogP) is 1.10. The molecule has 3 N–H and O–H groups in total. The zero-order valence-electron chi connectivity index (χ0n) is 9.07. The van der Waals surface area contributed by atoms with Crippen LogP contribution < -0.4 is 15.8 Å². The number of hydrogen-bond donors (Lipinski definition) is 2. The quantitative estimate of drug-likeness (QED) is 0.761. The maximum Gasteiger partial charge on any atom is 0.118 e. The van der Waals surface area contributed by atoms with E-state index in [0.29, 0.717) is 5.92 Å². The molecular weight excluding hydrogens is 188 g/mol. The summed E-state index contributed by atoms with van der Waals surface area (Å²) in [7, 11) is 1.68. The van der Waals surface area contributed by atoms with E-state index >= 15 is 0 Å². The molecule has 0 aliphatic carbocycles. The van der Waals surface area contributed by atoms with Gasteiger partial charge in [-0.25, -0.2) is 0 Å². The van der Waals surface area contributed by atoms with Gasteiger partial charge in [-0.15, -0.1) is 0 Å². The maximum absolute atomic E-state index is 6.11. The van der Waals surface area contributed by atoms with E-state index in [0.717, 1.165) is 25.3 Å². The van der Waals surface area contributed by atoms with Gasteiger partial charge >= 0.3 is 0 Å². The van der Waals surface area contributed by atoms with Crippen LogP contribution in [-0.4, -0.2) is 26.2 Å². The van der Waals surface area contributed by atoms with E-state index in [-0.39, 0.29) is 6.04 Å². The first-order valence-electron chi connectivity index (χ1n) is 5.41. The average molecular weight is 206 g/mol. The van der Waals surface area contributed by atoms with E-state index in [4.69, 9.17) is 10.5 Å². The molecule has 1 saturated heterocycles. The highest BCUT2D eigenvalue weighted by Crippen LogP contribution is 2.24. The molecular formula is C12H18N2O. The first-order valence-corrected chi connectivity index (χ1v) is 5.41. The fourth-order valence-corrected chi connectivity index (χ4v) is 2.10.